The fraction of sp³-hybridized carbons (Fsp3) is 0.107. The Morgan fingerprint density at radius 1 is 0.943 bits per heavy atom. The number of carbonyl (C=O) groups is 1. The molecule has 6 nitrogen and oxygen atoms in total. The summed E-state index contributed by atoms with van der Waals surface area (Å²) in [6.45, 7) is 1.89. The van der Waals surface area contributed by atoms with Gasteiger partial charge in [-0.1, -0.05) is 66.2 Å². The van der Waals surface area contributed by atoms with E-state index in [-0.39, 0.29) is 4.90 Å². The Kier molecular flexibility index (Phi) is 5.88. The van der Waals surface area contributed by atoms with Crippen LogP contribution in [0.25, 0.3) is 5.57 Å². The van der Waals surface area contributed by atoms with Crippen molar-refractivity contribution in [2.75, 3.05) is 17.0 Å². The van der Waals surface area contributed by atoms with Crippen LogP contribution < -0.4 is 14.7 Å². The van der Waals surface area contributed by atoms with Gasteiger partial charge in [-0.25, -0.2) is 13.4 Å². The highest BCUT2D eigenvalue weighted by Crippen LogP contribution is 2.43. The number of para-hydroxylation sites is 2. The van der Waals surface area contributed by atoms with Crippen molar-refractivity contribution in [2.24, 2.45) is 0 Å². The van der Waals surface area contributed by atoms with E-state index in [4.69, 9.17) is 0 Å². The minimum Gasteiger partial charge on any atom is -0.344 e. The van der Waals surface area contributed by atoms with Crippen molar-refractivity contribution >= 4 is 32.9 Å². The van der Waals surface area contributed by atoms with Gasteiger partial charge in [0.15, 0.2) is 0 Å². The van der Waals surface area contributed by atoms with Crippen LogP contribution >= 0.6 is 0 Å². The van der Waals surface area contributed by atoms with Gasteiger partial charge in [-0.2, -0.15) is 0 Å². The van der Waals surface area contributed by atoms with Crippen molar-refractivity contribution in [2.45, 2.75) is 18.2 Å². The van der Waals surface area contributed by atoms with Crippen LogP contribution in [0.5, 0.6) is 0 Å². The van der Waals surface area contributed by atoms with E-state index in [1.807, 2.05) is 62.5 Å². The second-order valence-corrected chi connectivity index (χ2v) is 10.2. The van der Waals surface area contributed by atoms with E-state index in [1.54, 1.807) is 36.4 Å². The number of sulfonamides is 1. The van der Waals surface area contributed by atoms with Crippen LogP contribution in [0, 0.1) is 6.92 Å². The maximum Gasteiger partial charge on any atom is 0.274 e. The fourth-order valence-corrected chi connectivity index (χ4v) is 5.43. The Balaban J connectivity index is 1.65. The molecule has 7 heteroatoms. The SMILES string of the molecule is Cc1ccc(S(=O)(=O)NN(C(=O)C2=C3CC=CC=C3N(C)c3ccccc32)c2ccccc2)cc1. The molecule has 0 atom stereocenters. The molecule has 5 rings (SSSR count). The van der Waals surface area contributed by atoms with Gasteiger partial charge in [0.05, 0.1) is 16.2 Å². The van der Waals surface area contributed by atoms with Gasteiger partial charge in [0, 0.05) is 24.0 Å². The van der Waals surface area contributed by atoms with Gasteiger partial charge in [-0.15, -0.1) is 4.83 Å². The molecule has 0 unspecified atom stereocenters. The topological polar surface area (TPSA) is 69.7 Å². The third-order valence-corrected chi connectivity index (χ3v) is 7.51. The molecule has 0 fully saturated rings. The number of fused-ring (bicyclic) bond motifs is 2. The van der Waals surface area contributed by atoms with Gasteiger partial charge in [0.1, 0.15) is 0 Å². The number of likely N-dealkylation sites (N-methyl/N-ethyl adjacent to an activating group) is 1. The summed E-state index contributed by atoms with van der Waals surface area (Å²) in [5, 5.41) is 1.13. The highest BCUT2D eigenvalue weighted by molar-refractivity contribution is 7.89. The van der Waals surface area contributed by atoms with Gasteiger partial charge in [0.2, 0.25) is 0 Å². The van der Waals surface area contributed by atoms with Gasteiger partial charge < -0.3 is 4.90 Å². The van der Waals surface area contributed by atoms with Crippen LogP contribution in [0.1, 0.15) is 17.5 Å². The van der Waals surface area contributed by atoms with Gasteiger partial charge in [0.25, 0.3) is 15.9 Å². The number of anilines is 2. The van der Waals surface area contributed by atoms with Crippen LogP contribution in [0.3, 0.4) is 0 Å². The Hall–Kier alpha value is -3.94. The van der Waals surface area contributed by atoms with E-state index in [9.17, 15) is 13.2 Å². The molecule has 0 saturated carbocycles. The molecule has 0 spiro atoms. The molecule has 1 amide bonds. The van der Waals surface area contributed by atoms with Gasteiger partial charge in [-0.3, -0.25) is 4.79 Å². The summed E-state index contributed by atoms with van der Waals surface area (Å²) in [5.74, 6) is -0.441. The standard InChI is InChI=1S/C28H25N3O3S/c1-20-16-18-22(19-17-20)35(33,34)29-31(21-10-4-3-5-11-21)28(32)27-23-12-6-8-14-25(23)30(2)26-15-9-7-13-24(26)27/h3-12,14-19,29H,13H2,1-2H3. The Labute approximate surface area is 205 Å². The summed E-state index contributed by atoms with van der Waals surface area (Å²) in [6.07, 6.45) is 6.52. The number of aryl methyl sites for hydroxylation is 1. The van der Waals surface area contributed by atoms with Crippen LogP contribution in [0.15, 0.2) is 113 Å². The summed E-state index contributed by atoms with van der Waals surface area (Å²) in [6, 6.07) is 23.0. The lowest BCUT2D eigenvalue weighted by Gasteiger charge is -2.36. The number of benzene rings is 3. The lowest BCUT2D eigenvalue weighted by molar-refractivity contribution is -0.113. The minimum atomic E-state index is -4.03. The molecular formula is C28H25N3O3S. The molecular weight excluding hydrogens is 458 g/mol. The molecule has 3 aromatic carbocycles. The van der Waals surface area contributed by atoms with Crippen LogP contribution in [-0.2, 0) is 14.8 Å². The van der Waals surface area contributed by atoms with Crippen LogP contribution in [0.2, 0.25) is 0 Å². The average Bonchev–Trinajstić information content (AvgIpc) is 2.88. The highest BCUT2D eigenvalue weighted by atomic mass is 32.2. The maximum atomic E-state index is 14.3. The largest absolute Gasteiger partial charge is 0.344 e. The highest BCUT2D eigenvalue weighted by Gasteiger charge is 2.34. The first-order chi connectivity index (χ1) is 16.9. The third kappa shape index (κ3) is 4.20. The predicted molar refractivity (Wildman–Crippen MR) is 139 cm³/mol. The molecule has 1 heterocycles. The smallest absolute Gasteiger partial charge is 0.274 e. The lowest BCUT2D eigenvalue weighted by Crippen LogP contribution is -2.47. The number of hydrazine groups is 1. The Bertz CT molecular complexity index is 1490. The number of allylic oxidation sites excluding steroid dienone is 4. The summed E-state index contributed by atoms with van der Waals surface area (Å²) in [4.78, 5) is 19.0. The summed E-state index contributed by atoms with van der Waals surface area (Å²) in [5.41, 5.74) is 5.27. The fourth-order valence-electron chi connectivity index (χ4n) is 4.40. The Morgan fingerprint density at radius 2 is 1.63 bits per heavy atom. The zero-order chi connectivity index (χ0) is 24.6. The zero-order valence-electron chi connectivity index (χ0n) is 19.5. The zero-order valence-corrected chi connectivity index (χ0v) is 20.3. The third-order valence-electron chi connectivity index (χ3n) is 6.19. The number of nitrogens with one attached hydrogen (secondary N) is 1. The summed E-state index contributed by atoms with van der Waals surface area (Å²) in [7, 11) is -2.06. The lowest BCUT2D eigenvalue weighted by atomic mass is 9.87. The molecule has 0 aromatic heterocycles. The number of amides is 1. The van der Waals surface area contributed by atoms with Crippen molar-refractivity contribution in [1.82, 2.24) is 4.83 Å². The molecule has 0 radical (unpaired) electrons. The van der Waals surface area contributed by atoms with Crippen molar-refractivity contribution in [3.05, 3.63) is 119 Å². The average molecular weight is 484 g/mol. The molecule has 176 valence electrons. The predicted octanol–water partition coefficient (Wildman–Crippen LogP) is 4.97. The maximum absolute atomic E-state index is 14.3. The number of hydrogen-bond acceptors (Lipinski definition) is 4. The molecule has 0 bridgehead atoms. The van der Waals surface area contributed by atoms with Crippen LogP contribution in [0.4, 0.5) is 11.4 Å². The second kappa shape index (κ2) is 9.02. The van der Waals surface area contributed by atoms with Crippen molar-refractivity contribution in [3.63, 3.8) is 0 Å². The number of nitrogens with zero attached hydrogens (tertiary/aromatic N) is 2. The van der Waals surface area contributed by atoms with Crippen molar-refractivity contribution in [1.29, 1.82) is 0 Å². The first kappa shape index (κ1) is 22.8. The number of hydrogen-bond donors (Lipinski definition) is 1. The first-order valence-electron chi connectivity index (χ1n) is 11.3. The monoisotopic (exact) mass is 483 g/mol. The molecule has 1 aliphatic heterocycles. The van der Waals surface area contributed by atoms with E-state index in [1.165, 1.54) is 12.1 Å². The number of carbonyl (C=O) groups excluding carboxylic acids is 1. The number of rotatable bonds is 5. The summed E-state index contributed by atoms with van der Waals surface area (Å²) < 4.78 is 26.7. The molecule has 2 aliphatic rings. The first-order valence-corrected chi connectivity index (χ1v) is 12.8. The summed E-state index contributed by atoms with van der Waals surface area (Å²) >= 11 is 0. The van der Waals surface area contributed by atoms with Crippen molar-refractivity contribution in [3.8, 4) is 0 Å². The van der Waals surface area contributed by atoms with Crippen molar-refractivity contribution < 1.29 is 13.2 Å². The molecule has 1 aliphatic carbocycles. The van der Waals surface area contributed by atoms with Gasteiger partial charge >= 0.3 is 0 Å². The minimum absolute atomic E-state index is 0.0828. The Morgan fingerprint density at radius 3 is 2.37 bits per heavy atom. The quantitative estimate of drug-likeness (QED) is 0.521. The van der Waals surface area contributed by atoms with E-state index in [2.05, 4.69) is 9.73 Å². The molecule has 3 aromatic rings. The second-order valence-electron chi connectivity index (χ2n) is 8.50. The van der Waals surface area contributed by atoms with E-state index >= 15 is 0 Å². The molecule has 35 heavy (non-hydrogen) atoms. The van der Waals surface area contributed by atoms with E-state index in [0.29, 0.717) is 17.7 Å². The van der Waals surface area contributed by atoms with Crippen LogP contribution in [-0.4, -0.2) is 21.4 Å². The van der Waals surface area contributed by atoms with E-state index in [0.717, 1.165) is 33.1 Å². The normalized spacial score (nSPS) is 14.8. The van der Waals surface area contributed by atoms with Gasteiger partial charge in [-0.05, 0) is 55.3 Å². The molecule has 0 saturated heterocycles. The molecule has 1 N–H and O–H groups in total. The van der Waals surface area contributed by atoms with E-state index < -0.39 is 15.9 Å².